The zero-order valence-corrected chi connectivity index (χ0v) is 17.4. The zero-order valence-electron chi connectivity index (χ0n) is 17.4. The van der Waals surface area contributed by atoms with Crippen LogP contribution in [0, 0.1) is 0 Å². The predicted molar refractivity (Wildman–Crippen MR) is 108 cm³/mol. The molecule has 30 heavy (non-hydrogen) atoms. The number of carbonyl (C=O) groups excluding carboxylic acids is 3. The molecule has 1 aromatic carbocycles. The number of rotatable bonds is 10. The van der Waals surface area contributed by atoms with E-state index in [1.54, 1.807) is 11.8 Å². The number of nitrogens with zero attached hydrogens (tertiary/aromatic N) is 1. The van der Waals surface area contributed by atoms with E-state index in [0.717, 1.165) is 0 Å². The molecule has 1 heterocycles. The van der Waals surface area contributed by atoms with E-state index in [-0.39, 0.29) is 53.9 Å². The summed E-state index contributed by atoms with van der Waals surface area (Å²) >= 11 is 0. The smallest absolute Gasteiger partial charge is 0.227 e. The van der Waals surface area contributed by atoms with Gasteiger partial charge in [0.15, 0.2) is 17.8 Å². The largest absolute Gasteiger partial charge is 0.504 e. The molecular formula is C21H27NO8. The van der Waals surface area contributed by atoms with Crippen LogP contribution in [0.5, 0.6) is 17.2 Å². The van der Waals surface area contributed by atoms with E-state index < -0.39 is 0 Å². The summed E-state index contributed by atoms with van der Waals surface area (Å²) in [5, 5.41) is 10.4. The molecule has 1 fully saturated rings. The summed E-state index contributed by atoms with van der Waals surface area (Å²) in [6.45, 7) is 3.94. The number of hydrogen-bond acceptors (Lipinski definition) is 8. The minimum Gasteiger partial charge on any atom is -0.504 e. The average Bonchev–Trinajstić information content (AvgIpc) is 2.78. The number of benzene rings is 1. The maximum absolute atomic E-state index is 12.6. The Kier molecular flexibility index (Phi) is 8.82. The lowest BCUT2D eigenvalue weighted by Gasteiger charge is -2.27. The number of amides is 1. The minimum absolute atomic E-state index is 0.0501. The van der Waals surface area contributed by atoms with Crippen LogP contribution >= 0.6 is 0 Å². The number of aldehydes is 2. The number of aromatic hydroxyl groups is 1. The Morgan fingerprint density at radius 1 is 1.23 bits per heavy atom. The molecule has 1 saturated heterocycles. The number of ether oxygens (including phenoxy) is 4. The van der Waals surface area contributed by atoms with Crippen molar-refractivity contribution in [2.75, 3.05) is 53.7 Å². The van der Waals surface area contributed by atoms with E-state index in [1.165, 1.54) is 20.3 Å². The predicted octanol–water partition coefficient (Wildman–Crippen LogP) is 1.46. The summed E-state index contributed by atoms with van der Waals surface area (Å²) in [7, 11) is 2.86. The zero-order chi connectivity index (χ0) is 22.1. The van der Waals surface area contributed by atoms with Gasteiger partial charge in [0.2, 0.25) is 5.91 Å². The van der Waals surface area contributed by atoms with E-state index in [0.29, 0.717) is 50.0 Å². The van der Waals surface area contributed by atoms with E-state index in [9.17, 15) is 19.5 Å². The van der Waals surface area contributed by atoms with Crippen molar-refractivity contribution in [1.29, 1.82) is 0 Å². The molecule has 0 bridgehead atoms. The lowest BCUT2D eigenvalue weighted by Crippen LogP contribution is -2.40. The number of carbonyl (C=O) groups is 3. The van der Waals surface area contributed by atoms with Crippen LogP contribution in [-0.4, -0.2) is 82.2 Å². The quantitative estimate of drug-likeness (QED) is 0.343. The molecule has 0 aliphatic carbocycles. The Hall–Kier alpha value is -2.91. The van der Waals surface area contributed by atoms with Crippen LogP contribution in [0.1, 0.15) is 29.3 Å². The molecule has 1 aromatic rings. The number of morpholine rings is 1. The molecule has 1 aliphatic heterocycles. The van der Waals surface area contributed by atoms with Gasteiger partial charge < -0.3 is 29.0 Å². The highest BCUT2D eigenvalue weighted by atomic mass is 16.5. The lowest BCUT2D eigenvalue weighted by atomic mass is 9.96. The molecular weight excluding hydrogens is 394 g/mol. The van der Waals surface area contributed by atoms with Gasteiger partial charge in [0.1, 0.15) is 24.2 Å². The van der Waals surface area contributed by atoms with Crippen molar-refractivity contribution in [3.8, 4) is 17.2 Å². The van der Waals surface area contributed by atoms with Gasteiger partial charge in [-0.1, -0.05) is 0 Å². The van der Waals surface area contributed by atoms with Gasteiger partial charge in [0.05, 0.1) is 33.4 Å². The Morgan fingerprint density at radius 2 is 1.93 bits per heavy atom. The first-order chi connectivity index (χ1) is 14.5. The van der Waals surface area contributed by atoms with Crippen LogP contribution in [0.4, 0.5) is 0 Å². The monoisotopic (exact) mass is 421 g/mol. The van der Waals surface area contributed by atoms with Crippen LogP contribution < -0.4 is 9.47 Å². The molecule has 9 nitrogen and oxygen atoms in total. The first-order valence-corrected chi connectivity index (χ1v) is 9.50. The number of phenols is 1. The molecule has 0 unspecified atom stereocenters. The van der Waals surface area contributed by atoms with Gasteiger partial charge in [-0.2, -0.15) is 0 Å². The Labute approximate surface area is 175 Å². The normalized spacial score (nSPS) is 14.7. The molecule has 0 aromatic heterocycles. The highest BCUT2D eigenvalue weighted by Crippen LogP contribution is 2.42. The summed E-state index contributed by atoms with van der Waals surface area (Å²) in [5.41, 5.74) is 0.964. The van der Waals surface area contributed by atoms with Gasteiger partial charge in [-0.3, -0.25) is 14.4 Å². The molecule has 0 atom stereocenters. The Morgan fingerprint density at radius 3 is 2.50 bits per heavy atom. The van der Waals surface area contributed by atoms with Crippen molar-refractivity contribution in [1.82, 2.24) is 4.90 Å². The van der Waals surface area contributed by atoms with Crippen LogP contribution in [-0.2, 0) is 19.1 Å². The third-order valence-electron chi connectivity index (χ3n) is 4.85. The summed E-state index contributed by atoms with van der Waals surface area (Å²) in [4.78, 5) is 37.6. The fourth-order valence-corrected chi connectivity index (χ4v) is 3.13. The third kappa shape index (κ3) is 5.37. The first kappa shape index (κ1) is 23.4. The van der Waals surface area contributed by atoms with Crippen LogP contribution in [0.15, 0.2) is 11.6 Å². The van der Waals surface area contributed by atoms with Gasteiger partial charge in [0, 0.05) is 31.3 Å². The van der Waals surface area contributed by atoms with Gasteiger partial charge in [-0.15, -0.1) is 0 Å². The van der Waals surface area contributed by atoms with Gasteiger partial charge >= 0.3 is 0 Å². The molecule has 1 N–H and O–H groups in total. The van der Waals surface area contributed by atoms with E-state index >= 15 is 0 Å². The number of phenolic OH excluding ortho intramolecular Hbond substituents is 1. The molecule has 0 radical (unpaired) electrons. The maximum Gasteiger partial charge on any atom is 0.227 e. The highest BCUT2D eigenvalue weighted by molar-refractivity contribution is 5.98. The van der Waals surface area contributed by atoms with E-state index in [2.05, 4.69) is 0 Å². The standard InChI is InChI=1S/C21H27NO8/c1-14(15(12-23)10-19(25)22-4-6-29-7-5-22)16-11-18(30-9-8-27-2)20(26)17(13-24)21(16)28-3/h11-13,26H,4-10H2,1-3H3/b15-14-. The van der Waals surface area contributed by atoms with Crippen molar-refractivity contribution in [2.24, 2.45) is 0 Å². The van der Waals surface area contributed by atoms with Gasteiger partial charge in [-0.05, 0) is 18.6 Å². The Bertz CT molecular complexity index is 812. The van der Waals surface area contributed by atoms with Crippen LogP contribution in [0.25, 0.3) is 5.57 Å². The van der Waals surface area contributed by atoms with Gasteiger partial charge in [0.25, 0.3) is 0 Å². The number of hydrogen-bond donors (Lipinski definition) is 1. The second kappa shape index (κ2) is 11.3. The lowest BCUT2D eigenvalue weighted by molar-refractivity contribution is -0.134. The van der Waals surface area contributed by atoms with Crippen molar-refractivity contribution >= 4 is 24.1 Å². The van der Waals surface area contributed by atoms with Gasteiger partial charge in [-0.25, -0.2) is 0 Å². The first-order valence-electron chi connectivity index (χ1n) is 9.50. The number of methoxy groups -OCH3 is 2. The molecule has 0 spiro atoms. The fourth-order valence-electron chi connectivity index (χ4n) is 3.13. The second-order valence-corrected chi connectivity index (χ2v) is 6.61. The fraction of sp³-hybridized carbons (Fsp3) is 0.476. The van der Waals surface area contributed by atoms with Crippen LogP contribution in [0.2, 0.25) is 0 Å². The van der Waals surface area contributed by atoms with Crippen molar-refractivity contribution in [3.05, 3.63) is 22.8 Å². The van der Waals surface area contributed by atoms with Crippen LogP contribution in [0.3, 0.4) is 0 Å². The summed E-state index contributed by atoms with van der Waals surface area (Å²) < 4.78 is 21.0. The topological polar surface area (TPSA) is 112 Å². The van der Waals surface area contributed by atoms with Crippen molar-refractivity contribution < 1.29 is 38.4 Å². The third-order valence-corrected chi connectivity index (χ3v) is 4.85. The molecule has 164 valence electrons. The summed E-state index contributed by atoms with van der Waals surface area (Å²) in [6, 6.07) is 1.48. The number of allylic oxidation sites excluding steroid dienone is 1. The minimum atomic E-state index is -0.369. The van der Waals surface area contributed by atoms with Crippen molar-refractivity contribution in [3.63, 3.8) is 0 Å². The van der Waals surface area contributed by atoms with Crippen molar-refractivity contribution in [2.45, 2.75) is 13.3 Å². The SMILES string of the molecule is COCCOc1cc(/C(C)=C(\C=O)CC(=O)N2CCOCC2)c(OC)c(C=O)c1O. The highest BCUT2D eigenvalue weighted by Gasteiger charge is 2.24. The molecule has 1 aliphatic rings. The molecule has 1 amide bonds. The average molecular weight is 421 g/mol. The van der Waals surface area contributed by atoms with E-state index in [4.69, 9.17) is 18.9 Å². The Balaban J connectivity index is 2.45. The molecule has 9 heteroatoms. The summed E-state index contributed by atoms with van der Waals surface area (Å²) in [6.07, 6.45) is 0.968. The summed E-state index contributed by atoms with van der Waals surface area (Å²) in [5.74, 6) is -0.414. The van der Waals surface area contributed by atoms with E-state index in [1.807, 2.05) is 0 Å². The second-order valence-electron chi connectivity index (χ2n) is 6.61. The maximum atomic E-state index is 12.6. The molecule has 0 saturated carbocycles. The molecule has 2 rings (SSSR count).